The van der Waals surface area contributed by atoms with Gasteiger partial charge in [-0.2, -0.15) is 0 Å². The number of rotatable bonds is 13. The van der Waals surface area contributed by atoms with Gasteiger partial charge >= 0.3 is 8.56 Å². The molecular formula is C34H60O4Si3. The Balaban J connectivity index is 1.08. The predicted octanol–water partition coefficient (Wildman–Crippen LogP) is 8.99. The second-order valence-corrected chi connectivity index (χ2v) is 28.5. The van der Waals surface area contributed by atoms with Gasteiger partial charge < -0.3 is 17.7 Å². The van der Waals surface area contributed by atoms with E-state index in [1.165, 1.54) is 134 Å². The van der Waals surface area contributed by atoms with E-state index in [4.69, 9.17) is 17.7 Å². The number of epoxide rings is 2. The van der Waals surface area contributed by atoms with Gasteiger partial charge in [0.2, 0.25) is 0 Å². The molecule has 8 rings (SSSR count). The first kappa shape index (κ1) is 28.9. The maximum Gasteiger partial charge on any atom is 0.330 e. The van der Waals surface area contributed by atoms with Crippen LogP contribution in [-0.2, 0) is 17.7 Å². The number of ether oxygens (including phenoxy) is 2. The highest BCUT2D eigenvalue weighted by Crippen LogP contribution is 2.76. The van der Waals surface area contributed by atoms with Crippen molar-refractivity contribution in [3.8, 4) is 0 Å². The molecule has 2 aliphatic heterocycles. The first-order valence-corrected chi connectivity index (χ1v) is 25.9. The lowest BCUT2D eigenvalue weighted by molar-refractivity contribution is 0.245. The third-order valence-corrected chi connectivity index (χ3v) is 27.6. The maximum absolute atomic E-state index is 8.43. The highest BCUT2D eigenvalue weighted by molar-refractivity contribution is 6.89. The van der Waals surface area contributed by atoms with Crippen molar-refractivity contribution in [3.63, 3.8) is 0 Å². The smallest absolute Gasteiger partial charge is 0.330 e. The minimum atomic E-state index is -2.45. The Morgan fingerprint density at radius 1 is 0.683 bits per heavy atom. The van der Waals surface area contributed by atoms with Crippen molar-refractivity contribution in [1.29, 1.82) is 0 Å². The monoisotopic (exact) mass is 616 g/mol. The molecule has 6 aliphatic carbocycles. The van der Waals surface area contributed by atoms with Gasteiger partial charge in [0.1, 0.15) is 0 Å². The van der Waals surface area contributed by atoms with Gasteiger partial charge in [-0.05, 0) is 132 Å². The van der Waals surface area contributed by atoms with Crippen LogP contribution < -0.4 is 0 Å². The zero-order valence-electron chi connectivity index (χ0n) is 26.7. The molecule has 7 heteroatoms. The second-order valence-electron chi connectivity index (χ2n) is 17.4. The third kappa shape index (κ3) is 5.29. The molecule has 4 bridgehead atoms. The number of fused-ring (bicyclic) bond motifs is 6. The summed E-state index contributed by atoms with van der Waals surface area (Å²) in [5.41, 5.74) is 0. The van der Waals surface area contributed by atoms with Gasteiger partial charge in [0.05, 0.1) is 24.4 Å². The minimum Gasteiger partial charge on any atom is -0.439 e. The van der Waals surface area contributed by atoms with Crippen LogP contribution in [0.3, 0.4) is 0 Å². The van der Waals surface area contributed by atoms with Crippen molar-refractivity contribution in [2.24, 2.45) is 23.7 Å². The summed E-state index contributed by atoms with van der Waals surface area (Å²) >= 11 is 0. The molecule has 4 nitrogen and oxygen atoms in total. The molecular weight excluding hydrogens is 557 g/mol. The molecule has 0 radical (unpaired) electrons. The van der Waals surface area contributed by atoms with Crippen LogP contribution in [0.5, 0.6) is 0 Å². The van der Waals surface area contributed by atoms with E-state index in [0.29, 0.717) is 34.5 Å². The molecule has 0 amide bonds. The summed E-state index contributed by atoms with van der Waals surface area (Å²) in [4.78, 5) is 0. The van der Waals surface area contributed by atoms with Gasteiger partial charge in [0.15, 0.2) is 17.4 Å². The molecule has 41 heavy (non-hydrogen) atoms. The van der Waals surface area contributed by atoms with E-state index >= 15 is 0 Å². The van der Waals surface area contributed by atoms with Crippen LogP contribution in [-0.4, -0.2) is 50.3 Å². The topological polar surface area (TPSA) is 43.5 Å². The van der Waals surface area contributed by atoms with Crippen molar-refractivity contribution in [2.75, 3.05) is 0 Å². The summed E-state index contributed by atoms with van der Waals surface area (Å²) in [5, 5.41) is 0.869. The molecule has 2 heterocycles. The molecule has 0 aromatic carbocycles. The van der Waals surface area contributed by atoms with E-state index in [1.54, 1.807) is 0 Å². The largest absolute Gasteiger partial charge is 0.439 e. The van der Waals surface area contributed by atoms with E-state index in [-0.39, 0.29) is 0 Å². The normalized spacial score (nSPS) is 48.6. The SMILES string of the molecule is C[SiH](C)O[Si](O[Si](C)(CCCC1CCC2OC2C1)CCC1CCC2OC2C1)(C12CCC(CC1)C2)C12CCC(CC1)C2. The fraction of sp³-hybridized carbons (Fsp3) is 1.00. The Labute approximate surface area is 254 Å². The summed E-state index contributed by atoms with van der Waals surface area (Å²) in [6, 6.07) is 2.76. The van der Waals surface area contributed by atoms with Crippen LogP contribution in [0, 0.1) is 23.7 Å². The van der Waals surface area contributed by atoms with E-state index in [9.17, 15) is 0 Å². The van der Waals surface area contributed by atoms with Crippen LogP contribution in [0.4, 0.5) is 0 Å². The average Bonchev–Trinajstić information content (AvgIpc) is 3.64. The molecule has 6 saturated carbocycles. The van der Waals surface area contributed by atoms with Crippen molar-refractivity contribution < 1.29 is 17.7 Å². The van der Waals surface area contributed by atoms with E-state index < -0.39 is 25.9 Å². The second kappa shape index (κ2) is 10.8. The molecule has 232 valence electrons. The van der Waals surface area contributed by atoms with Crippen LogP contribution >= 0.6 is 0 Å². The molecule has 7 atom stereocenters. The molecule has 0 N–H and O–H groups in total. The summed E-state index contributed by atoms with van der Waals surface area (Å²) in [6.45, 7) is 7.71. The quantitative estimate of drug-likeness (QED) is 0.153. The number of hydrogen-bond donors (Lipinski definition) is 0. The summed E-state index contributed by atoms with van der Waals surface area (Å²) < 4.78 is 28.1. The lowest BCUT2D eigenvalue weighted by Crippen LogP contribution is -2.66. The van der Waals surface area contributed by atoms with Crippen LogP contribution in [0.15, 0.2) is 0 Å². The molecule has 0 aromatic rings. The lowest BCUT2D eigenvalue weighted by Gasteiger charge is -2.58. The summed E-state index contributed by atoms with van der Waals surface area (Å²) in [5.74, 6) is 3.71. The maximum atomic E-state index is 8.43. The molecule has 0 aromatic heterocycles. The van der Waals surface area contributed by atoms with Crippen molar-refractivity contribution in [2.45, 2.75) is 188 Å². The fourth-order valence-electron chi connectivity index (χ4n) is 12.0. The van der Waals surface area contributed by atoms with Crippen molar-refractivity contribution in [1.82, 2.24) is 0 Å². The zero-order valence-corrected chi connectivity index (χ0v) is 29.8. The molecule has 0 spiro atoms. The zero-order chi connectivity index (χ0) is 27.9. The third-order valence-electron chi connectivity index (χ3n) is 14.3. The lowest BCUT2D eigenvalue weighted by atomic mass is 9.86. The molecule has 8 aliphatic rings. The minimum absolute atomic E-state index is 0.435. The van der Waals surface area contributed by atoms with E-state index in [0.717, 1.165) is 23.7 Å². The molecule has 7 unspecified atom stereocenters. The van der Waals surface area contributed by atoms with E-state index in [2.05, 4.69) is 19.6 Å². The Hall–Kier alpha value is 0.491. The Morgan fingerprint density at radius 2 is 1.22 bits per heavy atom. The van der Waals surface area contributed by atoms with Crippen LogP contribution in [0.25, 0.3) is 0 Å². The summed E-state index contributed by atoms with van der Waals surface area (Å²) in [7, 11) is -5.68. The molecule has 2 saturated heterocycles. The van der Waals surface area contributed by atoms with Crippen molar-refractivity contribution in [3.05, 3.63) is 0 Å². The highest BCUT2D eigenvalue weighted by Gasteiger charge is 2.74. The van der Waals surface area contributed by atoms with Crippen LogP contribution in [0.2, 0.25) is 41.8 Å². The predicted molar refractivity (Wildman–Crippen MR) is 172 cm³/mol. The first-order chi connectivity index (χ1) is 19.8. The summed E-state index contributed by atoms with van der Waals surface area (Å²) in [6.07, 6.45) is 29.3. The first-order valence-electron chi connectivity index (χ1n) is 18.5. The highest BCUT2D eigenvalue weighted by atomic mass is 28.5. The van der Waals surface area contributed by atoms with Gasteiger partial charge in [-0.25, -0.2) is 0 Å². The average molecular weight is 617 g/mol. The van der Waals surface area contributed by atoms with Crippen LogP contribution in [0.1, 0.15) is 122 Å². The Bertz CT molecular complexity index is 930. The number of hydrogen-bond acceptors (Lipinski definition) is 4. The van der Waals surface area contributed by atoms with Gasteiger partial charge in [-0.15, -0.1) is 0 Å². The van der Waals surface area contributed by atoms with Crippen molar-refractivity contribution >= 4 is 25.9 Å². The van der Waals surface area contributed by atoms with E-state index in [1.807, 2.05) is 0 Å². The Kier molecular flexibility index (Phi) is 7.62. The standard InChI is InChI=1S/C34H60O4Si3/c1-39(2)37-41(33-15-10-27(23-33)11-16-33,34-17-12-28(24-34)13-18-34)38-40(3,20-14-26-7-9-30-32(22-26)36-30)19-4-5-25-6-8-29-31(21-25)35-29/h25-32,39H,4-24H2,1-3H3. The van der Waals surface area contributed by atoms with Gasteiger partial charge in [-0.1, -0.05) is 44.9 Å². The fourth-order valence-corrected chi connectivity index (χ4v) is 29.0. The molecule has 8 fully saturated rings. The van der Waals surface area contributed by atoms with Gasteiger partial charge in [-0.3, -0.25) is 0 Å². The van der Waals surface area contributed by atoms with Gasteiger partial charge in [0, 0.05) is 10.1 Å². The Morgan fingerprint density at radius 3 is 1.68 bits per heavy atom. The van der Waals surface area contributed by atoms with Gasteiger partial charge in [0.25, 0.3) is 0 Å².